The van der Waals surface area contributed by atoms with E-state index in [4.69, 9.17) is 21.6 Å². The van der Waals surface area contributed by atoms with Gasteiger partial charge in [0.1, 0.15) is 11.8 Å². The van der Waals surface area contributed by atoms with Crippen molar-refractivity contribution in [2.45, 2.75) is 0 Å². The van der Waals surface area contributed by atoms with Gasteiger partial charge in [0.2, 0.25) is 0 Å². The number of nitrogens with zero attached hydrogens (tertiary/aromatic N) is 1. The summed E-state index contributed by atoms with van der Waals surface area (Å²) >= 11 is 9.04. The Morgan fingerprint density at radius 2 is 1.95 bits per heavy atom. The Morgan fingerprint density at radius 3 is 2.60 bits per heavy atom. The van der Waals surface area contributed by atoms with E-state index >= 15 is 0 Å². The number of nitriles is 1. The number of rotatable bonds is 4. The summed E-state index contributed by atoms with van der Waals surface area (Å²) in [7, 11) is 0. The van der Waals surface area contributed by atoms with Crippen LogP contribution in [0.15, 0.2) is 46.9 Å². The second-order valence-electron chi connectivity index (χ2n) is 3.97. The van der Waals surface area contributed by atoms with Gasteiger partial charge in [-0.25, -0.2) is 0 Å². The Balaban J connectivity index is 2.07. The molecule has 0 N–H and O–H groups in total. The molecule has 0 aliphatic heterocycles. The maximum absolute atomic E-state index is 11.9. The van der Waals surface area contributed by atoms with Gasteiger partial charge in [0, 0.05) is 15.1 Å². The lowest BCUT2D eigenvalue weighted by atomic mass is 10.1. The molecule has 0 heterocycles. The van der Waals surface area contributed by atoms with E-state index in [0.29, 0.717) is 21.9 Å². The predicted molar refractivity (Wildman–Crippen MR) is 80.1 cm³/mol. The molecule has 3 nitrogen and oxygen atoms in total. The van der Waals surface area contributed by atoms with Gasteiger partial charge in [0.05, 0.1) is 5.56 Å². The van der Waals surface area contributed by atoms with Crippen LogP contribution in [0.25, 0.3) is 0 Å². The fraction of sp³-hybridized carbons (Fsp3) is 0.0667. The van der Waals surface area contributed by atoms with E-state index in [1.807, 2.05) is 6.07 Å². The van der Waals surface area contributed by atoms with Gasteiger partial charge in [-0.1, -0.05) is 27.5 Å². The molecule has 2 rings (SSSR count). The highest BCUT2D eigenvalue weighted by molar-refractivity contribution is 9.10. The molecule has 0 saturated carbocycles. The summed E-state index contributed by atoms with van der Waals surface area (Å²) in [6.07, 6.45) is 0. The van der Waals surface area contributed by atoms with E-state index in [1.165, 1.54) is 0 Å². The maximum Gasteiger partial charge on any atom is 0.200 e. The lowest BCUT2D eigenvalue weighted by Crippen LogP contribution is -2.12. The first-order chi connectivity index (χ1) is 9.60. The Bertz CT molecular complexity index is 677. The average molecular weight is 351 g/mol. The van der Waals surface area contributed by atoms with Crippen LogP contribution in [-0.2, 0) is 0 Å². The molecule has 0 bridgehead atoms. The summed E-state index contributed by atoms with van der Waals surface area (Å²) < 4.78 is 6.19. The van der Waals surface area contributed by atoms with Gasteiger partial charge in [-0.15, -0.1) is 0 Å². The van der Waals surface area contributed by atoms with Crippen molar-refractivity contribution >= 4 is 33.3 Å². The molecule has 5 heteroatoms. The molecule has 0 atom stereocenters. The number of carbonyl (C=O) groups is 1. The largest absolute Gasteiger partial charge is 0.484 e. The van der Waals surface area contributed by atoms with Gasteiger partial charge in [-0.3, -0.25) is 4.79 Å². The molecule has 2 aromatic rings. The van der Waals surface area contributed by atoms with Crippen molar-refractivity contribution in [3.8, 4) is 11.8 Å². The zero-order valence-electron chi connectivity index (χ0n) is 10.3. The van der Waals surface area contributed by atoms with Gasteiger partial charge < -0.3 is 4.74 Å². The standard InChI is InChI=1S/C15H9BrClNO2/c16-12-3-6-15(11(7-12)8-18)20-9-14(19)10-1-4-13(17)5-2-10/h1-7H,9H2. The summed E-state index contributed by atoms with van der Waals surface area (Å²) in [6.45, 7) is -0.127. The fourth-order valence-corrected chi connectivity index (χ4v) is 2.06. The summed E-state index contributed by atoms with van der Waals surface area (Å²) in [5, 5.41) is 9.58. The molecule has 0 aromatic heterocycles. The lowest BCUT2D eigenvalue weighted by molar-refractivity contribution is 0.0921. The Hall–Kier alpha value is -1.83. The van der Waals surface area contributed by atoms with Crippen molar-refractivity contribution in [1.82, 2.24) is 0 Å². The van der Waals surface area contributed by atoms with Crippen LogP contribution >= 0.6 is 27.5 Å². The number of ether oxygens (including phenoxy) is 1. The molecule has 0 aliphatic carbocycles. The molecule has 0 aliphatic rings. The molecule has 0 saturated heterocycles. The highest BCUT2D eigenvalue weighted by atomic mass is 79.9. The molecule has 0 amide bonds. The van der Waals surface area contributed by atoms with Crippen LogP contribution < -0.4 is 4.74 Å². The second-order valence-corrected chi connectivity index (χ2v) is 5.32. The first kappa shape index (κ1) is 14.6. The number of carbonyl (C=O) groups excluding carboxylic acids is 1. The number of hydrogen-bond donors (Lipinski definition) is 0. The first-order valence-corrected chi connectivity index (χ1v) is 6.88. The Kier molecular flexibility index (Phi) is 4.78. The number of benzene rings is 2. The smallest absolute Gasteiger partial charge is 0.200 e. The molecular formula is C15H9BrClNO2. The minimum atomic E-state index is -0.173. The van der Waals surface area contributed by atoms with Crippen LogP contribution in [0.1, 0.15) is 15.9 Å². The van der Waals surface area contributed by atoms with Crippen molar-refractivity contribution in [2.75, 3.05) is 6.61 Å². The Labute approximate surface area is 129 Å². The van der Waals surface area contributed by atoms with E-state index in [2.05, 4.69) is 15.9 Å². The number of hydrogen-bond acceptors (Lipinski definition) is 3. The third-order valence-corrected chi connectivity index (χ3v) is 3.33. The minimum Gasteiger partial charge on any atom is -0.484 e. The summed E-state index contributed by atoms with van der Waals surface area (Å²) in [5.74, 6) is 0.214. The zero-order chi connectivity index (χ0) is 14.5. The minimum absolute atomic E-state index is 0.127. The monoisotopic (exact) mass is 349 g/mol. The van der Waals surface area contributed by atoms with Crippen molar-refractivity contribution in [1.29, 1.82) is 5.26 Å². The number of halogens is 2. The van der Waals surface area contributed by atoms with Gasteiger partial charge in [-0.2, -0.15) is 5.26 Å². The van der Waals surface area contributed by atoms with Crippen LogP contribution in [0.5, 0.6) is 5.75 Å². The van der Waals surface area contributed by atoms with Gasteiger partial charge in [0.15, 0.2) is 12.4 Å². The SMILES string of the molecule is N#Cc1cc(Br)ccc1OCC(=O)c1ccc(Cl)cc1. The van der Waals surface area contributed by atoms with Crippen molar-refractivity contribution in [3.05, 3.63) is 63.1 Å². The van der Waals surface area contributed by atoms with Gasteiger partial charge in [0.25, 0.3) is 0 Å². The molecule has 100 valence electrons. The quantitative estimate of drug-likeness (QED) is 0.775. The molecular weight excluding hydrogens is 342 g/mol. The highest BCUT2D eigenvalue weighted by Gasteiger charge is 2.09. The van der Waals surface area contributed by atoms with Crippen LogP contribution in [-0.4, -0.2) is 12.4 Å². The van der Waals surface area contributed by atoms with Crippen molar-refractivity contribution < 1.29 is 9.53 Å². The highest BCUT2D eigenvalue weighted by Crippen LogP contribution is 2.22. The number of Topliss-reactive ketones (excluding diaryl/α,β-unsaturated/α-hetero) is 1. The van der Waals surface area contributed by atoms with Crippen molar-refractivity contribution in [2.24, 2.45) is 0 Å². The molecule has 0 spiro atoms. The molecule has 0 unspecified atom stereocenters. The summed E-state index contributed by atoms with van der Waals surface area (Å²) in [6, 6.07) is 13.6. The predicted octanol–water partition coefficient (Wildman–Crippen LogP) is 4.24. The summed E-state index contributed by atoms with van der Waals surface area (Å²) in [4.78, 5) is 11.9. The normalized spacial score (nSPS) is 9.85. The van der Waals surface area contributed by atoms with E-state index in [9.17, 15) is 4.79 Å². The molecule has 20 heavy (non-hydrogen) atoms. The maximum atomic E-state index is 11.9. The lowest BCUT2D eigenvalue weighted by Gasteiger charge is -2.07. The third-order valence-electron chi connectivity index (χ3n) is 2.59. The van der Waals surface area contributed by atoms with E-state index in [1.54, 1.807) is 42.5 Å². The van der Waals surface area contributed by atoms with Crippen LogP contribution in [0.2, 0.25) is 5.02 Å². The van der Waals surface area contributed by atoms with Crippen LogP contribution in [0.3, 0.4) is 0 Å². The topological polar surface area (TPSA) is 50.1 Å². The molecule has 0 fully saturated rings. The van der Waals surface area contributed by atoms with Crippen molar-refractivity contribution in [3.63, 3.8) is 0 Å². The zero-order valence-corrected chi connectivity index (χ0v) is 12.6. The summed E-state index contributed by atoms with van der Waals surface area (Å²) in [5.41, 5.74) is 0.897. The van der Waals surface area contributed by atoms with Crippen LogP contribution in [0.4, 0.5) is 0 Å². The van der Waals surface area contributed by atoms with Gasteiger partial charge in [-0.05, 0) is 42.5 Å². The molecule has 0 radical (unpaired) electrons. The number of ketones is 1. The second kappa shape index (κ2) is 6.56. The fourth-order valence-electron chi connectivity index (χ4n) is 1.58. The van der Waals surface area contributed by atoms with E-state index in [0.717, 1.165) is 4.47 Å². The first-order valence-electron chi connectivity index (χ1n) is 5.71. The third kappa shape index (κ3) is 3.60. The molecule has 2 aromatic carbocycles. The average Bonchev–Trinajstić information content (AvgIpc) is 2.46. The van der Waals surface area contributed by atoms with E-state index in [-0.39, 0.29) is 12.4 Å². The van der Waals surface area contributed by atoms with E-state index < -0.39 is 0 Å². The van der Waals surface area contributed by atoms with Crippen LogP contribution in [0, 0.1) is 11.3 Å². The Morgan fingerprint density at radius 1 is 1.25 bits per heavy atom. The van der Waals surface area contributed by atoms with Gasteiger partial charge >= 0.3 is 0 Å².